The Morgan fingerprint density at radius 1 is 1.25 bits per heavy atom. The Bertz CT molecular complexity index is 429. The fraction of sp³-hybridized carbons (Fsp3) is 0.625. The zero-order valence-corrected chi connectivity index (χ0v) is 13.0. The Labute approximate surface area is 120 Å². The fourth-order valence-electron chi connectivity index (χ4n) is 2.26. The third-order valence-corrected chi connectivity index (χ3v) is 3.40. The van der Waals surface area contributed by atoms with Crippen molar-refractivity contribution in [2.24, 2.45) is 5.41 Å². The van der Waals surface area contributed by atoms with E-state index in [2.05, 4.69) is 12.2 Å². The van der Waals surface area contributed by atoms with E-state index in [1.54, 1.807) is 7.11 Å². The van der Waals surface area contributed by atoms with Gasteiger partial charge in [-0.25, -0.2) is 8.78 Å². The number of methoxy groups -OCH3 is 1. The maximum absolute atomic E-state index is 14.1. The van der Waals surface area contributed by atoms with Gasteiger partial charge in [-0.15, -0.1) is 0 Å². The molecule has 2 atom stereocenters. The first-order valence-electron chi connectivity index (χ1n) is 6.99. The van der Waals surface area contributed by atoms with Crippen LogP contribution < -0.4 is 5.32 Å². The van der Waals surface area contributed by atoms with Gasteiger partial charge in [-0.05, 0) is 17.9 Å². The molecule has 0 aromatic heterocycles. The monoisotopic (exact) mass is 285 g/mol. The van der Waals surface area contributed by atoms with Crippen LogP contribution in [0.5, 0.6) is 0 Å². The van der Waals surface area contributed by atoms with E-state index in [4.69, 9.17) is 4.74 Å². The number of ether oxygens (including phenoxy) is 1. The summed E-state index contributed by atoms with van der Waals surface area (Å²) in [5.74, 6) is -1.06. The Morgan fingerprint density at radius 3 is 2.35 bits per heavy atom. The van der Waals surface area contributed by atoms with Gasteiger partial charge in [0.2, 0.25) is 0 Å². The summed E-state index contributed by atoms with van der Waals surface area (Å²) in [6.07, 6.45) is 0.878. The normalized spacial score (nSPS) is 15.2. The molecule has 0 aliphatic heterocycles. The lowest BCUT2D eigenvalue weighted by Gasteiger charge is -2.35. The zero-order valence-electron chi connectivity index (χ0n) is 13.0. The first-order chi connectivity index (χ1) is 9.29. The average molecular weight is 285 g/mol. The predicted octanol–water partition coefficient (Wildman–Crippen LogP) is 4.07. The summed E-state index contributed by atoms with van der Waals surface area (Å²) >= 11 is 0. The van der Waals surface area contributed by atoms with Crippen LogP contribution in [0.15, 0.2) is 18.2 Å². The van der Waals surface area contributed by atoms with Crippen molar-refractivity contribution < 1.29 is 13.5 Å². The van der Waals surface area contributed by atoms with Gasteiger partial charge in [-0.2, -0.15) is 0 Å². The molecule has 0 aliphatic carbocycles. The van der Waals surface area contributed by atoms with Crippen LogP contribution in [0.3, 0.4) is 0 Å². The molecule has 0 saturated heterocycles. The van der Waals surface area contributed by atoms with Gasteiger partial charge in [-0.1, -0.05) is 33.8 Å². The van der Waals surface area contributed by atoms with E-state index in [1.807, 2.05) is 20.8 Å². The summed E-state index contributed by atoms with van der Waals surface area (Å²) in [7, 11) is 1.65. The van der Waals surface area contributed by atoms with Gasteiger partial charge >= 0.3 is 0 Å². The lowest BCUT2D eigenvalue weighted by atomic mass is 9.81. The SMILES string of the molecule is CCC(COC)NC(c1ccc(F)cc1F)C(C)(C)C. The molecule has 20 heavy (non-hydrogen) atoms. The molecule has 2 nitrogen and oxygen atoms in total. The summed E-state index contributed by atoms with van der Waals surface area (Å²) in [6, 6.07) is 3.69. The number of halogens is 2. The molecule has 0 bridgehead atoms. The molecule has 4 heteroatoms. The van der Waals surface area contributed by atoms with Gasteiger partial charge in [0.1, 0.15) is 11.6 Å². The van der Waals surface area contributed by atoms with Crippen molar-refractivity contribution in [2.45, 2.75) is 46.2 Å². The van der Waals surface area contributed by atoms with Crippen molar-refractivity contribution in [3.05, 3.63) is 35.4 Å². The topological polar surface area (TPSA) is 21.3 Å². The quantitative estimate of drug-likeness (QED) is 0.851. The third-order valence-electron chi connectivity index (χ3n) is 3.40. The van der Waals surface area contributed by atoms with Crippen molar-refractivity contribution in [1.29, 1.82) is 0 Å². The fourth-order valence-corrected chi connectivity index (χ4v) is 2.26. The molecular formula is C16H25F2NO. The maximum atomic E-state index is 14.1. The van der Waals surface area contributed by atoms with Crippen LogP contribution in [-0.4, -0.2) is 19.8 Å². The van der Waals surface area contributed by atoms with Gasteiger partial charge in [0.15, 0.2) is 0 Å². The van der Waals surface area contributed by atoms with E-state index in [0.29, 0.717) is 12.2 Å². The number of hydrogen-bond acceptors (Lipinski definition) is 2. The summed E-state index contributed by atoms with van der Waals surface area (Å²) in [5.41, 5.74) is 0.299. The standard InChI is InChI=1S/C16H25F2NO/c1-6-12(10-20-5)19-15(16(2,3)4)13-8-7-11(17)9-14(13)18/h7-9,12,15,19H,6,10H2,1-5H3. The van der Waals surface area contributed by atoms with E-state index in [0.717, 1.165) is 12.5 Å². The molecule has 0 fully saturated rings. The van der Waals surface area contributed by atoms with Gasteiger partial charge in [0.25, 0.3) is 0 Å². The van der Waals surface area contributed by atoms with Crippen molar-refractivity contribution in [2.75, 3.05) is 13.7 Å². The van der Waals surface area contributed by atoms with Crippen LogP contribution in [0.4, 0.5) is 8.78 Å². The van der Waals surface area contributed by atoms with E-state index >= 15 is 0 Å². The molecule has 1 rings (SSSR count). The lowest BCUT2D eigenvalue weighted by Crippen LogP contribution is -2.41. The molecule has 0 amide bonds. The molecule has 0 heterocycles. The minimum absolute atomic E-state index is 0.133. The largest absolute Gasteiger partial charge is 0.383 e. The molecule has 0 saturated carbocycles. The lowest BCUT2D eigenvalue weighted by molar-refractivity contribution is 0.140. The van der Waals surface area contributed by atoms with E-state index < -0.39 is 11.6 Å². The predicted molar refractivity (Wildman–Crippen MR) is 77.6 cm³/mol. The molecule has 1 aromatic rings. The molecule has 1 N–H and O–H groups in total. The zero-order chi connectivity index (χ0) is 15.3. The Balaban J connectivity index is 3.06. The molecular weight excluding hydrogens is 260 g/mol. The van der Waals surface area contributed by atoms with Crippen LogP contribution in [-0.2, 0) is 4.74 Å². The van der Waals surface area contributed by atoms with Gasteiger partial charge in [0, 0.05) is 30.8 Å². The van der Waals surface area contributed by atoms with Crippen molar-refractivity contribution >= 4 is 0 Å². The Morgan fingerprint density at radius 2 is 1.90 bits per heavy atom. The van der Waals surface area contributed by atoms with Gasteiger partial charge in [0.05, 0.1) is 6.61 Å². The van der Waals surface area contributed by atoms with E-state index in [1.165, 1.54) is 12.1 Å². The highest BCUT2D eigenvalue weighted by atomic mass is 19.1. The molecule has 0 radical (unpaired) electrons. The van der Waals surface area contributed by atoms with Crippen molar-refractivity contribution in [1.82, 2.24) is 5.32 Å². The average Bonchev–Trinajstić information content (AvgIpc) is 2.34. The highest BCUT2D eigenvalue weighted by molar-refractivity contribution is 5.24. The van der Waals surface area contributed by atoms with Crippen molar-refractivity contribution in [3.8, 4) is 0 Å². The van der Waals surface area contributed by atoms with Crippen LogP contribution in [0.2, 0.25) is 0 Å². The van der Waals surface area contributed by atoms with Crippen LogP contribution in [0.1, 0.15) is 45.7 Å². The second-order valence-electron chi connectivity index (χ2n) is 6.19. The van der Waals surface area contributed by atoms with Crippen molar-refractivity contribution in [3.63, 3.8) is 0 Å². The first kappa shape index (κ1) is 17.1. The number of benzene rings is 1. The number of hydrogen-bond donors (Lipinski definition) is 1. The highest BCUT2D eigenvalue weighted by Crippen LogP contribution is 2.34. The summed E-state index contributed by atoms with van der Waals surface area (Å²) in [6.45, 7) is 8.72. The number of nitrogens with one attached hydrogen (secondary N) is 1. The minimum atomic E-state index is -0.553. The third kappa shape index (κ3) is 4.53. The first-order valence-corrected chi connectivity index (χ1v) is 6.99. The molecule has 2 unspecified atom stereocenters. The maximum Gasteiger partial charge on any atom is 0.130 e. The number of rotatable bonds is 6. The highest BCUT2D eigenvalue weighted by Gasteiger charge is 2.30. The molecule has 114 valence electrons. The Kier molecular flexibility index (Phi) is 6.08. The summed E-state index contributed by atoms with van der Waals surface area (Å²) in [4.78, 5) is 0. The van der Waals surface area contributed by atoms with E-state index in [-0.39, 0.29) is 17.5 Å². The minimum Gasteiger partial charge on any atom is -0.383 e. The molecule has 0 spiro atoms. The second-order valence-corrected chi connectivity index (χ2v) is 6.19. The molecule has 0 aliphatic rings. The summed E-state index contributed by atoms with van der Waals surface area (Å²) in [5, 5.41) is 3.43. The van der Waals surface area contributed by atoms with Crippen LogP contribution in [0, 0.1) is 17.0 Å². The van der Waals surface area contributed by atoms with Crippen LogP contribution in [0.25, 0.3) is 0 Å². The van der Waals surface area contributed by atoms with Gasteiger partial charge in [-0.3, -0.25) is 0 Å². The van der Waals surface area contributed by atoms with E-state index in [9.17, 15) is 8.78 Å². The molecule has 1 aromatic carbocycles. The van der Waals surface area contributed by atoms with Crippen LogP contribution >= 0.6 is 0 Å². The Hall–Kier alpha value is -1.00. The smallest absolute Gasteiger partial charge is 0.130 e. The summed E-state index contributed by atoms with van der Waals surface area (Å²) < 4.78 is 32.3. The van der Waals surface area contributed by atoms with Gasteiger partial charge < -0.3 is 10.1 Å². The second kappa shape index (κ2) is 7.14.